The highest BCUT2D eigenvalue weighted by Gasteiger charge is 2.42. The first kappa shape index (κ1) is 22.5. The van der Waals surface area contributed by atoms with E-state index in [2.05, 4.69) is 20.9 Å². The number of guanidine groups is 1. The van der Waals surface area contributed by atoms with Crippen molar-refractivity contribution in [1.82, 2.24) is 15.5 Å². The largest absolute Gasteiger partial charge is 0.492 e. The summed E-state index contributed by atoms with van der Waals surface area (Å²) in [6.07, 6.45) is 3.97. The molecule has 0 aromatic heterocycles. The Morgan fingerprint density at radius 2 is 1.93 bits per heavy atom. The maximum Gasteiger partial charge on any atom is 0.230 e. The van der Waals surface area contributed by atoms with E-state index < -0.39 is 0 Å². The van der Waals surface area contributed by atoms with E-state index in [-0.39, 0.29) is 17.2 Å². The Hall–Kier alpha value is -2.77. The molecule has 1 aromatic rings. The highest BCUT2D eigenvalue weighted by Crippen LogP contribution is 2.38. The number of carbonyl (C=O) groups excluding carboxylic acids is 2. The molecular formula is C21H33N5O3. The van der Waals surface area contributed by atoms with Gasteiger partial charge < -0.3 is 25.6 Å². The summed E-state index contributed by atoms with van der Waals surface area (Å²) >= 11 is 0. The van der Waals surface area contributed by atoms with Crippen LogP contribution in [0.4, 0.5) is 5.69 Å². The minimum Gasteiger partial charge on any atom is -0.492 e. The lowest BCUT2D eigenvalue weighted by Gasteiger charge is -2.31. The van der Waals surface area contributed by atoms with E-state index in [4.69, 9.17) is 4.74 Å². The van der Waals surface area contributed by atoms with E-state index in [0.717, 1.165) is 25.7 Å². The third-order valence-corrected chi connectivity index (χ3v) is 5.06. The minimum absolute atomic E-state index is 0.119. The van der Waals surface area contributed by atoms with Crippen LogP contribution < -0.4 is 20.7 Å². The average molecular weight is 404 g/mol. The fourth-order valence-corrected chi connectivity index (χ4v) is 3.67. The van der Waals surface area contributed by atoms with Gasteiger partial charge >= 0.3 is 0 Å². The van der Waals surface area contributed by atoms with E-state index in [0.29, 0.717) is 37.1 Å². The van der Waals surface area contributed by atoms with Crippen molar-refractivity contribution in [2.45, 2.75) is 32.6 Å². The predicted octanol–water partition coefficient (Wildman–Crippen LogP) is 1.84. The number of ether oxygens (including phenoxy) is 1. The summed E-state index contributed by atoms with van der Waals surface area (Å²) in [5, 5.41) is 9.25. The Morgan fingerprint density at radius 1 is 1.21 bits per heavy atom. The van der Waals surface area contributed by atoms with Gasteiger partial charge in [0.05, 0.1) is 12.0 Å². The summed E-state index contributed by atoms with van der Waals surface area (Å²) in [6, 6.07) is 7.27. The van der Waals surface area contributed by atoms with Gasteiger partial charge in [0.15, 0.2) is 5.96 Å². The van der Waals surface area contributed by atoms with Crippen LogP contribution >= 0.6 is 0 Å². The molecule has 0 saturated heterocycles. The topological polar surface area (TPSA) is 95.1 Å². The van der Waals surface area contributed by atoms with Crippen LogP contribution in [0.5, 0.6) is 5.75 Å². The van der Waals surface area contributed by atoms with Gasteiger partial charge in [-0.3, -0.25) is 14.6 Å². The molecule has 3 N–H and O–H groups in total. The van der Waals surface area contributed by atoms with Crippen LogP contribution in [0, 0.1) is 5.41 Å². The second-order valence-corrected chi connectivity index (χ2v) is 7.60. The number of hydrogen-bond acceptors (Lipinski definition) is 4. The van der Waals surface area contributed by atoms with E-state index in [1.165, 1.54) is 6.92 Å². The van der Waals surface area contributed by atoms with Crippen molar-refractivity contribution >= 4 is 23.5 Å². The number of nitrogens with one attached hydrogen (secondary N) is 3. The molecule has 29 heavy (non-hydrogen) atoms. The van der Waals surface area contributed by atoms with Crippen LogP contribution in [0.15, 0.2) is 29.3 Å². The number of rotatable bonds is 8. The van der Waals surface area contributed by atoms with Crippen LogP contribution in [0.3, 0.4) is 0 Å². The lowest BCUT2D eigenvalue weighted by molar-refractivity contribution is -0.138. The predicted molar refractivity (Wildman–Crippen MR) is 115 cm³/mol. The third kappa shape index (κ3) is 6.66. The molecule has 0 spiro atoms. The zero-order valence-corrected chi connectivity index (χ0v) is 17.9. The van der Waals surface area contributed by atoms with Crippen molar-refractivity contribution in [1.29, 1.82) is 0 Å². The molecule has 8 nitrogen and oxygen atoms in total. The summed E-state index contributed by atoms with van der Waals surface area (Å²) in [4.78, 5) is 29.7. The highest BCUT2D eigenvalue weighted by molar-refractivity contribution is 5.88. The molecule has 0 unspecified atom stereocenters. The van der Waals surface area contributed by atoms with Gasteiger partial charge in [0.2, 0.25) is 11.8 Å². The van der Waals surface area contributed by atoms with Gasteiger partial charge in [-0.2, -0.15) is 0 Å². The van der Waals surface area contributed by atoms with Crippen molar-refractivity contribution in [2.24, 2.45) is 10.4 Å². The zero-order chi connectivity index (χ0) is 21.3. The van der Waals surface area contributed by atoms with Crippen LogP contribution in [-0.2, 0) is 9.59 Å². The molecule has 2 rings (SSSR count). The summed E-state index contributed by atoms with van der Waals surface area (Å²) < 4.78 is 5.73. The number of hydrogen-bond donors (Lipinski definition) is 3. The zero-order valence-electron chi connectivity index (χ0n) is 17.9. The van der Waals surface area contributed by atoms with Crippen molar-refractivity contribution in [2.75, 3.05) is 46.2 Å². The Morgan fingerprint density at radius 3 is 2.55 bits per heavy atom. The normalized spacial score (nSPS) is 15.5. The van der Waals surface area contributed by atoms with Crippen LogP contribution in [0.25, 0.3) is 0 Å². The fourth-order valence-electron chi connectivity index (χ4n) is 3.67. The molecule has 8 heteroatoms. The molecule has 160 valence electrons. The van der Waals surface area contributed by atoms with E-state index >= 15 is 0 Å². The van der Waals surface area contributed by atoms with Gasteiger partial charge in [0.25, 0.3) is 0 Å². The summed E-state index contributed by atoms with van der Waals surface area (Å²) in [5.41, 5.74) is 0.356. The summed E-state index contributed by atoms with van der Waals surface area (Å²) in [5.74, 6) is 1.40. The first-order valence-electron chi connectivity index (χ1n) is 10.0. The Balaban J connectivity index is 1.79. The number of aliphatic imine (C=N–C) groups is 1. The molecule has 0 radical (unpaired) electrons. The van der Waals surface area contributed by atoms with E-state index in [1.807, 2.05) is 32.3 Å². The molecule has 1 saturated carbocycles. The van der Waals surface area contributed by atoms with E-state index in [9.17, 15) is 9.59 Å². The van der Waals surface area contributed by atoms with Crippen molar-refractivity contribution in [3.8, 4) is 5.75 Å². The van der Waals surface area contributed by atoms with Crippen LogP contribution in [0.1, 0.15) is 32.6 Å². The average Bonchev–Trinajstić information content (AvgIpc) is 3.16. The summed E-state index contributed by atoms with van der Waals surface area (Å²) in [7, 11) is 5.34. The van der Waals surface area contributed by atoms with Gasteiger partial charge in [-0.1, -0.05) is 18.9 Å². The fraction of sp³-hybridized carbons (Fsp3) is 0.571. The molecule has 0 aliphatic heterocycles. The van der Waals surface area contributed by atoms with Crippen LogP contribution in [-0.4, -0.2) is 63.5 Å². The number of amides is 2. The smallest absolute Gasteiger partial charge is 0.230 e. The molecule has 1 fully saturated rings. The van der Waals surface area contributed by atoms with Gasteiger partial charge in [-0.05, 0) is 25.0 Å². The summed E-state index contributed by atoms with van der Waals surface area (Å²) in [6.45, 7) is 3.03. The lowest BCUT2D eigenvalue weighted by atomic mass is 9.84. The van der Waals surface area contributed by atoms with Crippen molar-refractivity contribution in [3.05, 3.63) is 24.3 Å². The van der Waals surface area contributed by atoms with E-state index in [1.54, 1.807) is 18.0 Å². The number of anilines is 1. The van der Waals surface area contributed by atoms with Crippen molar-refractivity contribution < 1.29 is 14.3 Å². The molecule has 0 atom stereocenters. The standard InChI is InChI=1S/C21H33N5O3/c1-16(27)25-17-8-7-9-18(14-17)29-13-12-23-20(22-2)24-15-21(10-5-6-11-21)19(28)26(3)4/h7-9,14H,5-6,10-13,15H2,1-4H3,(H,25,27)(H2,22,23,24). The highest BCUT2D eigenvalue weighted by atomic mass is 16.5. The number of carbonyl (C=O) groups is 2. The minimum atomic E-state index is -0.345. The molecule has 1 aliphatic rings. The molecule has 2 amide bonds. The second-order valence-electron chi connectivity index (χ2n) is 7.60. The Kier molecular flexibility index (Phi) is 8.30. The molecule has 0 heterocycles. The van der Waals surface area contributed by atoms with Gasteiger partial charge in [-0.25, -0.2) is 0 Å². The lowest BCUT2D eigenvalue weighted by Crippen LogP contribution is -2.49. The number of nitrogens with zero attached hydrogens (tertiary/aromatic N) is 2. The maximum atomic E-state index is 12.7. The first-order chi connectivity index (χ1) is 13.9. The Bertz CT molecular complexity index is 727. The maximum absolute atomic E-state index is 12.7. The third-order valence-electron chi connectivity index (χ3n) is 5.06. The van der Waals surface area contributed by atoms with Crippen LogP contribution in [0.2, 0.25) is 0 Å². The van der Waals surface area contributed by atoms with Gasteiger partial charge in [0.1, 0.15) is 12.4 Å². The molecular weight excluding hydrogens is 370 g/mol. The van der Waals surface area contributed by atoms with Gasteiger partial charge in [-0.15, -0.1) is 0 Å². The molecule has 0 bridgehead atoms. The quantitative estimate of drug-likeness (QED) is 0.350. The second kappa shape index (κ2) is 10.7. The molecule has 1 aromatic carbocycles. The molecule has 1 aliphatic carbocycles. The monoisotopic (exact) mass is 403 g/mol. The Labute approximate surface area is 173 Å². The van der Waals surface area contributed by atoms with Gasteiger partial charge in [0, 0.05) is 46.4 Å². The number of benzene rings is 1. The van der Waals surface area contributed by atoms with Crippen molar-refractivity contribution in [3.63, 3.8) is 0 Å². The first-order valence-corrected chi connectivity index (χ1v) is 10.0. The SMILES string of the molecule is CN=C(NCCOc1cccc(NC(C)=O)c1)NCC1(C(=O)N(C)C)CCCC1.